The second-order valence-electron chi connectivity index (χ2n) is 5.72. The minimum atomic E-state index is -0.279. The van der Waals surface area contributed by atoms with Gasteiger partial charge in [0, 0.05) is 23.7 Å². The Bertz CT molecular complexity index is 813. The van der Waals surface area contributed by atoms with Crippen LogP contribution >= 0.6 is 24.4 Å². The van der Waals surface area contributed by atoms with Gasteiger partial charge in [-0.2, -0.15) is 0 Å². The third kappa shape index (κ3) is 7.12. The minimum absolute atomic E-state index is 0.125. The largest absolute Gasteiger partial charge is 0.360 e. The number of thiocarbonyl (C=S) groups is 2. The lowest BCUT2D eigenvalue weighted by molar-refractivity contribution is 0.0967. The zero-order valence-corrected chi connectivity index (χ0v) is 16.3. The van der Waals surface area contributed by atoms with Crippen molar-refractivity contribution in [3.63, 3.8) is 0 Å². The second kappa shape index (κ2) is 10.3. The third-order valence-corrected chi connectivity index (χ3v) is 3.94. The Morgan fingerprint density at radius 1 is 0.815 bits per heavy atom. The number of hydrogen-bond acceptors (Lipinski definition) is 4. The first-order valence-electron chi connectivity index (χ1n) is 8.27. The van der Waals surface area contributed by atoms with Crippen molar-refractivity contribution >= 4 is 46.5 Å². The molecule has 0 bridgehead atoms. The molecule has 0 aliphatic heterocycles. The highest BCUT2D eigenvalue weighted by atomic mass is 32.1. The SMILES string of the molecule is CC(CNC(=S)NC(=O)c1ccccc1)NC(=S)NC(=O)c1ccccc1. The van der Waals surface area contributed by atoms with Gasteiger partial charge in [-0.3, -0.25) is 20.2 Å². The maximum atomic E-state index is 12.0. The van der Waals surface area contributed by atoms with Crippen LogP contribution in [0.4, 0.5) is 0 Å². The van der Waals surface area contributed by atoms with E-state index in [-0.39, 0.29) is 28.1 Å². The summed E-state index contributed by atoms with van der Waals surface area (Å²) in [6.45, 7) is 2.28. The molecule has 27 heavy (non-hydrogen) atoms. The second-order valence-corrected chi connectivity index (χ2v) is 6.54. The Morgan fingerprint density at radius 2 is 1.26 bits per heavy atom. The minimum Gasteiger partial charge on any atom is -0.360 e. The number of rotatable bonds is 5. The van der Waals surface area contributed by atoms with Gasteiger partial charge in [0.2, 0.25) is 0 Å². The molecule has 1 unspecified atom stereocenters. The van der Waals surface area contributed by atoms with Crippen LogP contribution in [0, 0.1) is 0 Å². The van der Waals surface area contributed by atoms with E-state index in [0.717, 1.165) is 0 Å². The van der Waals surface area contributed by atoms with Crippen molar-refractivity contribution in [1.29, 1.82) is 0 Å². The Kier molecular flexibility index (Phi) is 7.84. The number of hydrogen-bond donors (Lipinski definition) is 4. The van der Waals surface area contributed by atoms with Gasteiger partial charge in [0.1, 0.15) is 0 Å². The summed E-state index contributed by atoms with van der Waals surface area (Å²) in [6, 6.07) is 17.5. The Balaban J connectivity index is 1.71. The molecular formula is C19H20N4O2S2. The molecule has 140 valence electrons. The summed E-state index contributed by atoms with van der Waals surface area (Å²) in [6.07, 6.45) is 0. The highest BCUT2D eigenvalue weighted by molar-refractivity contribution is 7.80. The van der Waals surface area contributed by atoms with Crippen LogP contribution in [0.1, 0.15) is 27.6 Å². The summed E-state index contributed by atoms with van der Waals surface area (Å²) >= 11 is 10.3. The van der Waals surface area contributed by atoms with Gasteiger partial charge in [-0.1, -0.05) is 36.4 Å². The Labute approximate surface area is 168 Å². The van der Waals surface area contributed by atoms with E-state index in [9.17, 15) is 9.59 Å². The molecular weight excluding hydrogens is 380 g/mol. The van der Waals surface area contributed by atoms with Crippen LogP contribution in [0.2, 0.25) is 0 Å². The predicted octanol–water partition coefficient (Wildman–Crippen LogP) is 1.98. The molecule has 4 N–H and O–H groups in total. The highest BCUT2D eigenvalue weighted by Crippen LogP contribution is 1.98. The van der Waals surface area contributed by atoms with Gasteiger partial charge < -0.3 is 10.6 Å². The van der Waals surface area contributed by atoms with Gasteiger partial charge in [-0.25, -0.2) is 0 Å². The van der Waals surface area contributed by atoms with Crippen LogP contribution in [0.3, 0.4) is 0 Å². The van der Waals surface area contributed by atoms with E-state index < -0.39 is 0 Å². The highest BCUT2D eigenvalue weighted by Gasteiger charge is 2.11. The van der Waals surface area contributed by atoms with Crippen molar-refractivity contribution in [2.75, 3.05) is 6.54 Å². The maximum absolute atomic E-state index is 12.0. The number of carbonyl (C=O) groups is 2. The summed E-state index contributed by atoms with van der Waals surface area (Å²) in [5.41, 5.74) is 1.05. The lowest BCUT2D eigenvalue weighted by Gasteiger charge is -2.18. The molecule has 0 spiro atoms. The van der Waals surface area contributed by atoms with Crippen molar-refractivity contribution in [3.8, 4) is 0 Å². The van der Waals surface area contributed by atoms with Crippen molar-refractivity contribution < 1.29 is 9.59 Å². The molecule has 2 aromatic carbocycles. The van der Waals surface area contributed by atoms with E-state index in [1.807, 2.05) is 19.1 Å². The zero-order chi connectivity index (χ0) is 19.6. The third-order valence-electron chi connectivity index (χ3n) is 3.47. The van der Waals surface area contributed by atoms with Gasteiger partial charge in [-0.05, 0) is 55.6 Å². The van der Waals surface area contributed by atoms with E-state index in [1.54, 1.807) is 48.5 Å². The van der Waals surface area contributed by atoms with E-state index >= 15 is 0 Å². The fraction of sp³-hybridized carbons (Fsp3) is 0.158. The fourth-order valence-corrected chi connectivity index (χ4v) is 2.60. The van der Waals surface area contributed by atoms with Gasteiger partial charge in [0.05, 0.1) is 0 Å². The average molecular weight is 401 g/mol. The molecule has 1 atom stereocenters. The van der Waals surface area contributed by atoms with Crippen LogP contribution in [-0.2, 0) is 0 Å². The number of amides is 2. The molecule has 0 saturated heterocycles. The molecule has 0 aromatic heterocycles. The Morgan fingerprint density at radius 3 is 1.74 bits per heavy atom. The molecule has 2 amide bonds. The van der Waals surface area contributed by atoms with E-state index in [0.29, 0.717) is 17.7 Å². The summed E-state index contributed by atoms with van der Waals surface area (Å²) in [5, 5.41) is 11.6. The quantitative estimate of drug-likeness (QED) is 0.575. The first-order chi connectivity index (χ1) is 13.0. The summed E-state index contributed by atoms with van der Waals surface area (Å²) < 4.78 is 0. The zero-order valence-electron chi connectivity index (χ0n) is 14.7. The molecule has 0 radical (unpaired) electrons. The van der Waals surface area contributed by atoms with Gasteiger partial charge in [0.25, 0.3) is 11.8 Å². The van der Waals surface area contributed by atoms with Crippen LogP contribution in [0.5, 0.6) is 0 Å². The first-order valence-corrected chi connectivity index (χ1v) is 9.08. The maximum Gasteiger partial charge on any atom is 0.257 e. The van der Waals surface area contributed by atoms with Gasteiger partial charge in [0.15, 0.2) is 10.2 Å². The predicted molar refractivity (Wildman–Crippen MR) is 114 cm³/mol. The smallest absolute Gasteiger partial charge is 0.257 e. The van der Waals surface area contributed by atoms with Crippen LogP contribution in [0.25, 0.3) is 0 Å². The summed E-state index contributed by atoms with van der Waals surface area (Å²) in [4.78, 5) is 24.0. The average Bonchev–Trinajstić information content (AvgIpc) is 2.67. The van der Waals surface area contributed by atoms with Crippen molar-refractivity contribution in [2.45, 2.75) is 13.0 Å². The molecule has 0 aliphatic carbocycles. The lowest BCUT2D eigenvalue weighted by Crippen LogP contribution is -2.49. The fourth-order valence-electron chi connectivity index (χ4n) is 2.13. The number of benzene rings is 2. The monoisotopic (exact) mass is 400 g/mol. The van der Waals surface area contributed by atoms with Gasteiger partial charge in [-0.15, -0.1) is 0 Å². The summed E-state index contributed by atoms with van der Waals surface area (Å²) in [5.74, 6) is -0.557. The van der Waals surface area contributed by atoms with Crippen LogP contribution in [-0.4, -0.2) is 34.6 Å². The molecule has 8 heteroatoms. The molecule has 0 fully saturated rings. The number of carbonyl (C=O) groups excluding carboxylic acids is 2. The van der Waals surface area contributed by atoms with Crippen LogP contribution < -0.4 is 21.3 Å². The molecule has 6 nitrogen and oxygen atoms in total. The topological polar surface area (TPSA) is 82.3 Å². The first kappa shape index (κ1) is 20.5. The molecule has 0 aliphatic rings. The summed E-state index contributed by atoms with van der Waals surface area (Å²) in [7, 11) is 0. The van der Waals surface area contributed by atoms with Crippen molar-refractivity contribution in [1.82, 2.24) is 21.3 Å². The van der Waals surface area contributed by atoms with Gasteiger partial charge >= 0.3 is 0 Å². The standard InChI is InChI=1S/C19H20N4O2S2/c1-13(21-19(27)23-17(25)15-10-6-3-7-11-15)12-20-18(26)22-16(24)14-8-4-2-5-9-14/h2-11,13H,12H2,1H3,(H2,20,22,24,26)(H2,21,23,25,27). The van der Waals surface area contributed by atoms with E-state index in [2.05, 4.69) is 21.3 Å². The molecule has 2 rings (SSSR count). The molecule has 0 heterocycles. The van der Waals surface area contributed by atoms with Crippen molar-refractivity contribution in [3.05, 3.63) is 71.8 Å². The Hall–Kier alpha value is -2.84. The van der Waals surface area contributed by atoms with Crippen molar-refractivity contribution in [2.24, 2.45) is 0 Å². The lowest BCUT2D eigenvalue weighted by atomic mass is 10.2. The normalized spacial score (nSPS) is 11.0. The molecule has 2 aromatic rings. The van der Waals surface area contributed by atoms with Crippen LogP contribution in [0.15, 0.2) is 60.7 Å². The number of nitrogens with one attached hydrogen (secondary N) is 4. The van der Waals surface area contributed by atoms with E-state index in [4.69, 9.17) is 24.4 Å². The molecule has 0 saturated carbocycles. The van der Waals surface area contributed by atoms with E-state index in [1.165, 1.54) is 0 Å².